The van der Waals surface area contributed by atoms with Crippen molar-refractivity contribution in [2.45, 2.75) is 44.2 Å². The third kappa shape index (κ3) is 3.11. The monoisotopic (exact) mass is 288 g/mol. The van der Waals surface area contributed by atoms with Crippen LogP contribution in [0.2, 0.25) is 0 Å². The van der Waals surface area contributed by atoms with Gasteiger partial charge < -0.3 is 10.8 Å². The van der Waals surface area contributed by atoms with Crippen LogP contribution in [0, 0.1) is 5.92 Å². The molecule has 4 nitrogen and oxygen atoms in total. The third-order valence-electron chi connectivity index (χ3n) is 5.16. The Balaban J connectivity index is 1.62. The second kappa shape index (κ2) is 5.78. The number of nitrogens with zero attached hydrogens (tertiary/aromatic N) is 1. The quantitative estimate of drug-likeness (QED) is 0.893. The third-order valence-corrected chi connectivity index (χ3v) is 5.16. The number of aliphatic hydroxyl groups is 1. The molecule has 1 aromatic carbocycles. The topological polar surface area (TPSA) is 66.6 Å². The number of likely N-dealkylation sites (tertiary alicyclic amines) is 1. The molecule has 2 fully saturated rings. The lowest BCUT2D eigenvalue weighted by Crippen LogP contribution is -2.52. The van der Waals surface area contributed by atoms with E-state index in [1.807, 2.05) is 12.1 Å². The number of carbonyl (C=O) groups excluding carboxylic acids is 1. The molecule has 1 aliphatic carbocycles. The van der Waals surface area contributed by atoms with Crippen molar-refractivity contribution in [3.05, 3.63) is 35.4 Å². The van der Waals surface area contributed by atoms with Gasteiger partial charge in [0.15, 0.2) is 0 Å². The lowest BCUT2D eigenvalue weighted by atomic mass is 9.71. The molecule has 1 aliphatic heterocycles. The van der Waals surface area contributed by atoms with E-state index in [-0.39, 0.29) is 5.91 Å². The average molecular weight is 288 g/mol. The summed E-state index contributed by atoms with van der Waals surface area (Å²) >= 11 is 0. The molecule has 0 radical (unpaired) electrons. The van der Waals surface area contributed by atoms with Gasteiger partial charge in [0.2, 0.25) is 5.91 Å². The first kappa shape index (κ1) is 14.5. The average Bonchev–Trinajstić information content (AvgIpc) is 2.48. The number of rotatable bonds is 3. The second-order valence-electron chi connectivity index (χ2n) is 6.59. The van der Waals surface area contributed by atoms with Crippen LogP contribution in [0.5, 0.6) is 0 Å². The molecule has 1 aromatic rings. The molecule has 2 atom stereocenters. The first-order valence-electron chi connectivity index (χ1n) is 7.90. The van der Waals surface area contributed by atoms with Gasteiger partial charge in [-0.2, -0.15) is 0 Å². The van der Waals surface area contributed by atoms with E-state index in [4.69, 9.17) is 5.73 Å². The smallest absolute Gasteiger partial charge is 0.248 e. The van der Waals surface area contributed by atoms with E-state index in [2.05, 4.69) is 4.90 Å². The lowest BCUT2D eigenvalue weighted by molar-refractivity contribution is -0.0967. The maximum absolute atomic E-state index is 11.1. The summed E-state index contributed by atoms with van der Waals surface area (Å²) in [6, 6.07) is 7.53. The summed E-state index contributed by atoms with van der Waals surface area (Å²) in [4.78, 5) is 13.5. The molecule has 3 N–H and O–H groups in total. The van der Waals surface area contributed by atoms with Crippen LogP contribution in [-0.2, 0) is 6.54 Å². The Kier molecular flexibility index (Phi) is 4.00. The number of hydrogen-bond donors (Lipinski definition) is 2. The minimum Gasteiger partial charge on any atom is -0.390 e. The molecular formula is C17H24N2O2. The highest BCUT2D eigenvalue weighted by Crippen LogP contribution is 2.39. The number of primary amides is 1. The van der Waals surface area contributed by atoms with Gasteiger partial charge in [0, 0.05) is 31.1 Å². The van der Waals surface area contributed by atoms with Crippen molar-refractivity contribution in [1.29, 1.82) is 0 Å². The van der Waals surface area contributed by atoms with Gasteiger partial charge in [0.25, 0.3) is 0 Å². The van der Waals surface area contributed by atoms with Gasteiger partial charge in [-0.15, -0.1) is 0 Å². The summed E-state index contributed by atoms with van der Waals surface area (Å²) in [5.74, 6) is 0.0386. The number of benzene rings is 1. The van der Waals surface area contributed by atoms with Gasteiger partial charge in [0.05, 0.1) is 5.60 Å². The summed E-state index contributed by atoms with van der Waals surface area (Å²) in [5, 5.41) is 10.7. The van der Waals surface area contributed by atoms with Crippen LogP contribution in [0.4, 0.5) is 0 Å². The molecule has 1 saturated carbocycles. The van der Waals surface area contributed by atoms with Gasteiger partial charge in [-0.3, -0.25) is 9.69 Å². The second-order valence-corrected chi connectivity index (χ2v) is 6.59. The predicted octanol–water partition coefficient (Wildman–Crippen LogP) is 1.91. The van der Waals surface area contributed by atoms with Gasteiger partial charge in [0.1, 0.15) is 0 Å². The standard InChI is InChI=1S/C17H24N2O2/c18-16(20)14-6-4-13(5-7-14)11-19-10-9-17(21)8-2-1-3-15(17)12-19/h4-7,15,21H,1-3,8-12H2,(H2,18,20). The molecule has 21 heavy (non-hydrogen) atoms. The van der Waals surface area contributed by atoms with Crippen LogP contribution in [-0.4, -0.2) is 34.6 Å². The lowest BCUT2D eigenvalue weighted by Gasteiger charge is -2.47. The fraction of sp³-hybridized carbons (Fsp3) is 0.588. The molecule has 1 heterocycles. The number of nitrogens with two attached hydrogens (primary N) is 1. The maximum Gasteiger partial charge on any atom is 0.248 e. The van der Waals surface area contributed by atoms with Gasteiger partial charge in [-0.05, 0) is 37.0 Å². The van der Waals surface area contributed by atoms with Crippen molar-refractivity contribution in [3.8, 4) is 0 Å². The minimum absolute atomic E-state index is 0.383. The van der Waals surface area contributed by atoms with Crippen molar-refractivity contribution in [2.24, 2.45) is 11.7 Å². The van der Waals surface area contributed by atoms with E-state index in [1.165, 1.54) is 18.4 Å². The number of hydrogen-bond acceptors (Lipinski definition) is 3. The van der Waals surface area contributed by atoms with E-state index < -0.39 is 5.60 Å². The normalized spacial score (nSPS) is 29.9. The van der Waals surface area contributed by atoms with Crippen molar-refractivity contribution in [2.75, 3.05) is 13.1 Å². The zero-order valence-electron chi connectivity index (χ0n) is 12.4. The zero-order valence-corrected chi connectivity index (χ0v) is 12.4. The molecule has 0 spiro atoms. The molecule has 4 heteroatoms. The summed E-state index contributed by atoms with van der Waals surface area (Å²) in [7, 11) is 0. The van der Waals surface area contributed by atoms with E-state index in [1.54, 1.807) is 12.1 Å². The van der Waals surface area contributed by atoms with Gasteiger partial charge >= 0.3 is 0 Å². The Labute approximate surface area is 125 Å². The van der Waals surface area contributed by atoms with Crippen LogP contribution >= 0.6 is 0 Å². The van der Waals surface area contributed by atoms with Crippen molar-refractivity contribution < 1.29 is 9.90 Å². The Morgan fingerprint density at radius 3 is 2.76 bits per heavy atom. The molecule has 2 aliphatic rings. The minimum atomic E-state index is -0.412. The van der Waals surface area contributed by atoms with Crippen LogP contribution < -0.4 is 5.73 Å². The largest absolute Gasteiger partial charge is 0.390 e. The highest BCUT2D eigenvalue weighted by Gasteiger charge is 2.42. The predicted molar refractivity (Wildman–Crippen MR) is 81.8 cm³/mol. The Hall–Kier alpha value is -1.39. The highest BCUT2D eigenvalue weighted by molar-refractivity contribution is 5.92. The fourth-order valence-electron chi connectivity index (χ4n) is 3.82. The summed E-state index contributed by atoms with van der Waals surface area (Å²) in [6.07, 6.45) is 5.42. The first-order chi connectivity index (χ1) is 10.1. The van der Waals surface area contributed by atoms with Crippen LogP contribution in [0.3, 0.4) is 0 Å². The zero-order chi connectivity index (χ0) is 14.9. The maximum atomic E-state index is 11.1. The van der Waals surface area contributed by atoms with Gasteiger partial charge in [-0.25, -0.2) is 0 Å². The van der Waals surface area contributed by atoms with E-state index in [0.717, 1.165) is 38.9 Å². The van der Waals surface area contributed by atoms with Crippen molar-refractivity contribution in [3.63, 3.8) is 0 Å². The number of amides is 1. The Morgan fingerprint density at radius 1 is 1.29 bits per heavy atom. The number of fused-ring (bicyclic) bond motifs is 1. The summed E-state index contributed by atoms with van der Waals surface area (Å²) < 4.78 is 0. The first-order valence-corrected chi connectivity index (χ1v) is 7.90. The fourth-order valence-corrected chi connectivity index (χ4v) is 3.82. The SMILES string of the molecule is NC(=O)c1ccc(CN2CCC3(O)CCCCC3C2)cc1. The molecule has 2 unspecified atom stereocenters. The van der Waals surface area contributed by atoms with Crippen LogP contribution in [0.15, 0.2) is 24.3 Å². The van der Waals surface area contributed by atoms with Crippen LogP contribution in [0.1, 0.15) is 48.0 Å². The van der Waals surface area contributed by atoms with Crippen LogP contribution in [0.25, 0.3) is 0 Å². The molecule has 3 rings (SSSR count). The Morgan fingerprint density at radius 2 is 2.05 bits per heavy atom. The molecular weight excluding hydrogens is 264 g/mol. The number of carbonyl (C=O) groups is 1. The van der Waals surface area contributed by atoms with Crippen molar-refractivity contribution in [1.82, 2.24) is 4.90 Å². The Bertz CT molecular complexity index is 514. The van der Waals surface area contributed by atoms with E-state index in [9.17, 15) is 9.90 Å². The summed E-state index contributed by atoms with van der Waals surface area (Å²) in [6.45, 7) is 2.81. The number of piperidine rings is 1. The highest BCUT2D eigenvalue weighted by atomic mass is 16.3. The molecule has 1 amide bonds. The molecule has 114 valence electrons. The van der Waals surface area contributed by atoms with E-state index >= 15 is 0 Å². The summed E-state index contributed by atoms with van der Waals surface area (Å²) in [5.41, 5.74) is 6.60. The van der Waals surface area contributed by atoms with Crippen molar-refractivity contribution >= 4 is 5.91 Å². The molecule has 0 bridgehead atoms. The van der Waals surface area contributed by atoms with E-state index in [0.29, 0.717) is 11.5 Å². The molecule has 1 saturated heterocycles. The van der Waals surface area contributed by atoms with Gasteiger partial charge in [-0.1, -0.05) is 25.0 Å². The molecule has 0 aromatic heterocycles.